The maximum atomic E-state index is 9.15. The largest absolute Gasteiger partial charge is 0.380 e. The van der Waals surface area contributed by atoms with Gasteiger partial charge in [-0.1, -0.05) is 25.2 Å². The van der Waals surface area contributed by atoms with Gasteiger partial charge >= 0.3 is 0 Å². The molecule has 0 saturated heterocycles. The van der Waals surface area contributed by atoms with Crippen LogP contribution in [0.4, 0.5) is 0 Å². The average molecular weight is 156 g/mol. The lowest BCUT2D eigenvalue weighted by molar-refractivity contribution is 0.142. The van der Waals surface area contributed by atoms with E-state index >= 15 is 0 Å². The maximum Gasteiger partial charge on any atom is 0.120 e. The molecule has 0 bridgehead atoms. The van der Waals surface area contributed by atoms with Crippen molar-refractivity contribution in [2.45, 2.75) is 45.3 Å². The molecule has 2 heteroatoms. The van der Waals surface area contributed by atoms with Crippen LogP contribution in [-0.2, 0) is 0 Å². The molecule has 0 spiro atoms. The van der Waals surface area contributed by atoms with Crippen molar-refractivity contribution in [3.05, 3.63) is 0 Å². The molecule has 0 aliphatic rings. The van der Waals surface area contributed by atoms with Crippen LogP contribution >= 0.6 is 0 Å². The Morgan fingerprint density at radius 1 is 1.45 bits per heavy atom. The molecule has 0 aliphatic carbocycles. The van der Waals surface area contributed by atoms with E-state index in [9.17, 15) is 0 Å². The molecule has 0 aromatic heterocycles. The molecule has 0 saturated carbocycles. The van der Waals surface area contributed by atoms with Crippen molar-refractivity contribution in [3.63, 3.8) is 0 Å². The van der Waals surface area contributed by atoms with E-state index in [2.05, 4.69) is 11.8 Å². The minimum absolute atomic E-state index is 0.591. The summed E-state index contributed by atoms with van der Waals surface area (Å²) in [5.41, 5.74) is -0.991. The molecule has 11 heavy (non-hydrogen) atoms. The van der Waals surface area contributed by atoms with Crippen LogP contribution in [-0.4, -0.2) is 21.9 Å². The second-order valence-corrected chi connectivity index (χ2v) is 3.13. The highest BCUT2D eigenvalue weighted by molar-refractivity contribution is 5.13. The van der Waals surface area contributed by atoms with Gasteiger partial charge in [-0.2, -0.15) is 0 Å². The summed E-state index contributed by atoms with van der Waals surface area (Å²) >= 11 is 0. The molecule has 0 aliphatic heterocycles. The Kier molecular flexibility index (Phi) is 4.17. The fourth-order valence-corrected chi connectivity index (χ4v) is 0.606. The lowest BCUT2D eigenvalue weighted by Crippen LogP contribution is -2.16. The van der Waals surface area contributed by atoms with E-state index < -0.39 is 11.7 Å². The van der Waals surface area contributed by atoms with Crippen molar-refractivity contribution in [1.29, 1.82) is 0 Å². The fourth-order valence-electron chi connectivity index (χ4n) is 0.606. The zero-order valence-corrected chi connectivity index (χ0v) is 7.39. The number of aliphatic hydroxyl groups is 2. The van der Waals surface area contributed by atoms with Gasteiger partial charge in [0.15, 0.2) is 0 Å². The summed E-state index contributed by atoms with van der Waals surface area (Å²) in [4.78, 5) is 0. The van der Waals surface area contributed by atoms with Gasteiger partial charge in [-0.05, 0) is 20.3 Å². The number of hydrogen-bond acceptors (Lipinski definition) is 2. The summed E-state index contributed by atoms with van der Waals surface area (Å²) in [5, 5.41) is 18.3. The van der Waals surface area contributed by atoms with E-state index in [1.807, 2.05) is 6.92 Å². The first kappa shape index (κ1) is 10.5. The zero-order chi connectivity index (χ0) is 8.91. The Bertz CT molecular complexity index is 157. The summed E-state index contributed by atoms with van der Waals surface area (Å²) in [6.07, 6.45) is 0.983. The van der Waals surface area contributed by atoms with Crippen molar-refractivity contribution in [2.24, 2.45) is 0 Å². The number of aliphatic hydroxyl groups excluding tert-OH is 1. The second kappa shape index (κ2) is 4.38. The third kappa shape index (κ3) is 7.38. The molecule has 2 N–H and O–H groups in total. The van der Waals surface area contributed by atoms with Gasteiger partial charge in [0.25, 0.3) is 0 Å². The Morgan fingerprint density at radius 2 is 2.00 bits per heavy atom. The van der Waals surface area contributed by atoms with Gasteiger partial charge in [0.2, 0.25) is 0 Å². The van der Waals surface area contributed by atoms with Gasteiger partial charge in [-0.3, -0.25) is 0 Å². The molecule has 64 valence electrons. The topological polar surface area (TPSA) is 40.5 Å². The minimum atomic E-state index is -0.991. The van der Waals surface area contributed by atoms with Crippen LogP contribution < -0.4 is 0 Å². The molecule has 2 nitrogen and oxygen atoms in total. The van der Waals surface area contributed by atoms with Crippen molar-refractivity contribution < 1.29 is 10.2 Å². The van der Waals surface area contributed by atoms with Crippen LogP contribution in [0, 0.1) is 11.8 Å². The van der Waals surface area contributed by atoms with E-state index in [0.717, 1.165) is 6.42 Å². The standard InChI is InChI=1S/C9H16O2/c1-4-5-8(10)6-7-9(2,3)11/h8,10-11H,4-5H2,1-3H3. The van der Waals surface area contributed by atoms with Gasteiger partial charge in [-0.15, -0.1) is 0 Å². The Balaban J connectivity index is 3.87. The van der Waals surface area contributed by atoms with Crippen molar-refractivity contribution in [3.8, 4) is 11.8 Å². The summed E-state index contributed by atoms with van der Waals surface area (Å²) in [7, 11) is 0. The summed E-state index contributed by atoms with van der Waals surface area (Å²) in [6, 6.07) is 0. The maximum absolute atomic E-state index is 9.15. The normalized spacial score (nSPS) is 13.5. The number of rotatable bonds is 2. The second-order valence-electron chi connectivity index (χ2n) is 3.13. The van der Waals surface area contributed by atoms with Crippen LogP contribution in [0.1, 0.15) is 33.6 Å². The molecular formula is C9H16O2. The molecule has 0 fully saturated rings. The lowest BCUT2D eigenvalue weighted by Gasteiger charge is -2.07. The van der Waals surface area contributed by atoms with Gasteiger partial charge in [0, 0.05) is 0 Å². The van der Waals surface area contributed by atoms with Gasteiger partial charge < -0.3 is 10.2 Å². The first-order valence-corrected chi connectivity index (χ1v) is 3.89. The lowest BCUT2D eigenvalue weighted by atomic mass is 10.1. The summed E-state index contributed by atoms with van der Waals surface area (Å²) in [6.45, 7) is 5.17. The monoisotopic (exact) mass is 156 g/mol. The molecule has 1 unspecified atom stereocenters. The van der Waals surface area contributed by atoms with Crippen molar-refractivity contribution >= 4 is 0 Å². The SMILES string of the molecule is CCCC(O)C#CC(C)(C)O. The summed E-state index contributed by atoms with van der Waals surface area (Å²) in [5.74, 6) is 5.14. The molecule has 0 amide bonds. The Hall–Kier alpha value is -0.520. The van der Waals surface area contributed by atoms with Crippen LogP contribution in [0.5, 0.6) is 0 Å². The molecule has 0 rings (SSSR count). The predicted octanol–water partition coefficient (Wildman–Crippen LogP) is 0.922. The van der Waals surface area contributed by atoms with Gasteiger partial charge in [0.05, 0.1) is 0 Å². The Morgan fingerprint density at radius 3 is 2.36 bits per heavy atom. The van der Waals surface area contributed by atoms with Crippen molar-refractivity contribution in [2.75, 3.05) is 0 Å². The van der Waals surface area contributed by atoms with Gasteiger partial charge in [-0.25, -0.2) is 0 Å². The highest BCUT2D eigenvalue weighted by Gasteiger charge is 2.06. The first-order valence-electron chi connectivity index (χ1n) is 3.89. The predicted molar refractivity (Wildman–Crippen MR) is 45.0 cm³/mol. The van der Waals surface area contributed by atoms with Crippen molar-refractivity contribution in [1.82, 2.24) is 0 Å². The van der Waals surface area contributed by atoms with E-state index in [-0.39, 0.29) is 0 Å². The van der Waals surface area contributed by atoms with E-state index in [0.29, 0.717) is 6.42 Å². The quantitative estimate of drug-likeness (QED) is 0.584. The van der Waals surface area contributed by atoms with E-state index in [1.54, 1.807) is 13.8 Å². The molecule has 0 aromatic carbocycles. The fraction of sp³-hybridized carbons (Fsp3) is 0.778. The summed E-state index contributed by atoms with van der Waals surface area (Å²) < 4.78 is 0. The molecule has 0 aromatic rings. The third-order valence-corrected chi connectivity index (χ3v) is 1.11. The molecule has 0 heterocycles. The molecular weight excluding hydrogens is 140 g/mol. The zero-order valence-electron chi connectivity index (χ0n) is 7.39. The molecule has 0 radical (unpaired) electrons. The van der Waals surface area contributed by atoms with E-state index in [1.165, 1.54) is 0 Å². The first-order chi connectivity index (χ1) is 4.95. The van der Waals surface area contributed by atoms with E-state index in [4.69, 9.17) is 10.2 Å². The Labute approximate surface area is 68.2 Å². The smallest absolute Gasteiger partial charge is 0.120 e. The highest BCUT2D eigenvalue weighted by Crippen LogP contribution is 1.99. The minimum Gasteiger partial charge on any atom is -0.380 e. The highest BCUT2D eigenvalue weighted by atomic mass is 16.3. The number of hydrogen-bond donors (Lipinski definition) is 2. The van der Waals surface area contributed by atoms with Crippen LogP contribution in [0.3, 0.4) is 0 Å². The van der Waals surface area contributed by atoms with Crippen LogP contribution in [0.15, 0.2) is 0 Å². The molecule has 1 atom stereocenters. The van der Waals surface area contributed by atoms with Crippen LogP contribution in [0.25, 0.3) is 0 Å². The average Bonchev–Trinajstić information content (AvgIpc) is 1.83. The third-order valence-electron chi connectivity index (χ3n) is 1.11. The van der Waals surface area contributed by atoms with Gasteiger partial charge in [0.1, 0.15) is 11.7 Å². The van der Waals surface area contributed by atoms with Crippen LogP contribution in [0.2, 0.25) is 0 Å².